The van der Waals surface area contributed by atoms with Crippen LogP contribution in [0.1, 0.15) is 39.5 Å². The zero-order chi connectivity index (χ0) is 23.1. The summed E-state index contributed by atoms with van der Waals surface area (Å²) in [6, 6.07) is 1.17. The van der Waals surface area contributed by atoms with Crippen LogP contribution in [0.5, 0.6) is 0 Å². The summed E-state index contributed by atoms with van der Waals surface area (Å²) in [5, 5.41) is 20.6. The second kappa shape index (κ2) is 10.5. The van der Waals surface area contributed by atoms with Crippen LogP contribution in [0.15, 0.2) is 23.3 Å². The van der Waals surface area contributed by atoms with Gasteiger partial charge in [-0.05, 0) is 25.8 Å². The maximum atomic E-state index is 12.5. The number of hydrogen-bond acceptors (Lipinski definition) is 7. The number of piperidine rings is 1. The number of amides is 2. The molecule has 1 spiro atoms. The van der Waals surface area contributed by atoms with Crippen molar-refractivity contribution in [2.24, 2.45) is 0 Å². The fraction of sp³-hybridized carbons (Fsp3) is 0.650. The molecular formula is C20H30N4O7. The molecule has 3 heterocycles. The third kappa shape index (κ3) is 6.34. The molecule has 3 rings (SSSR count). The number of carbonyl (C=O) groups excluding carboxylic acids is 2. The highest BCUT2D eigenvalue weighted by atomic mass is 16.5. The van der Waals surface area contributed by atoms with Crippen LogP contribution in [-0.2, 0) is 25.7 Å². The molecule has 0 saturated carbocycles. The van der Waals surface area contributed by atoms with Gasteiger partial charge in [-0.15, -0.1) is 0 Å². The number of nitrogens with zero attached hydrogens (tertiary/aromatic N) is 3. The van der Waals surface area contributed by atoms with E-state index in [1.54, 1.807) is 31.0 Å². The zero-order valence-corrected chi connectivity index (χ0v) is 17.8. The molecule has 31 heavy (non-hydrogen) atoms. The largest absolute Gasteiger partial charge is 0.483 e. The molecule has 2 aliphatic heterocycles. The molecule has 1 aromatic rings. The van der Waals surface area contributed by atoms with Crippen LogP contribution in [0.4, 0.5) is 0 Å². The standard InChI is InChI=1S/C19H28N4O5.CH2O2/c1-3-15(24)21-14-12-28-19(13-18(14,2)27)5-9-22(10-6-19)16(25)11-23-8-4-7-20-17(23)26;2-1-3/h4,7-8,14,27H,3,5-6,9-13H2,1-2H3,(H,21,24);1H,(H,2,3)/t14-,18-;/m0./s1. The van der Waals surface area contributed by atoms with Crippen LogP contribution in [0, 0.1) is 0 Å². The number of carboxylic acid groups (broad SMARTS) is 1. The summed E-state index contributed by atoms with van der Waals surface area (Å²) >= 11 is 0. The van der Waals surface area contributed by atoms with Crippen LogP contribution in [0.2, 0.25) is 0 Å². The van der Waals surface area contributed by atoms with Gasteiger partial charge in [-0.25, -0.2) is 9.78 Å². The van der Waals surface area contributed by atoms with Crippen molar-refractivity contribution in [1.29, 1.82) is 0 Å². The Balaban J connectivity index is 0.00000107. The summed E-state index contributed by atoms with van der Waals surface area (Å²) in [7, 11) is 0. The number of aliphatic hydroxyl groups is 1. The number of carbonyl (C=O) groups is 3. The highest BCUT2D eigenvalue weighted by Gasteiger charge is 2.49. The van der Waals surface area contributed by atoms with Gasteiger partial charge in [0.2, 0.25) is 11.8 Å². The van der Waals surface area contributed by atoms with Gasteiger partial charge in [-0.2, -0.15) is 0 Å². The lowest BCUT2D eigenvalue weighted by molar-refractivity contribution is -0.190. The molecule has 0 bridgehead atoms. The van der Waals surface area contributed by atoms with E-state index in [2.05, 4.69) is 10.3 Å². The normalized spacial score (nSPS) is 24.6. The Morgan fingerprint density at radius 2 is 2.03 bits per heavy atom. The maximum absolute atomic E-state index is 12.5. The minimum atomic E-state index is -1.07. The van der Waals surface area contributed by atoms with Gasteiger partial charge in [0.25, 0.3) is 6.47 Å². The lowest BCUT2D eigenvalue weighted by Gasteiger charge is -2.51. The van der Waals surface area contributed by atoms with Crippen molar-refractivity contribution in [2.75, 3.05) is 19.7 Å². The summed E-state index contributed by atoms with van der Waals surface area (Å²) in [6.45, 7) is 4.44. The number of ether oxygens (including phenoxy) is 1. The Labute approximate surface area is 180 Å². The Morgan fingerprint density at radius 3 is 2.58 bits per heavy atom. The molecule has 0 aromatic carbocycles. The van der Waals surface area contributed by atoms with Gasteiger partial charge in [0.1, 0.15) is 6.54 Å². The van der Waals surface area contributed by atoms with E-state index >= 15 is 0 Å². The minimum absolute atomic E-state index is 0.0383. The molecule has 0 radical (unpaired) electrons. The lowest BCUT2D eigenvalue weighted by Crippen LogP contribution is -2.64. The molecule has 2 saturated heterocycles. The van der Waals surface area contributed by atoms with Crippen LogP contribution in [0.3, 0.4) is 0 Å². The van der Waals surface area contributed by atoms with E-state index in [-0.39, 0.29) is 31.4 Å². The van der Waals surface area contributed by atoms with Gasteiger partial charge in [0.05, 0.1) is 23.9 Å². The molecule has 0 aliphatic carbocycles. The molecule has 11 nitrogen and oxygen atoms in total. The predicted molar refractivity (Wildman–Crippen MR) is 109 cm³/mol. The molecular weight excluding hydrogens is 408 g/mol. The molecule has 11 heteroatoms. The van der Waals surface area contributed by atoms with Crippen molar-refractivity contribution in [3.63, 3.8) is 0 Å². The Hall–Kier alpha value is -2.79. The van der Waals surface area contributed by atoms with E-state index in [4.69, 9.17) is 14.6 Å². The van der Waals surface area contributed by atoms with Crippen LogP contribution >= 0.6 is 0 Å². The van der Waals surface area contributed by atoms with E-state index in [9.17, 15) is 19.5 Å². The number of likely N-dealkylation sites (tertiary alicyclic amines) is 1. The van der Waals surface area contributed by atoms with Crippen molar-refractivity contribution in [3.8, 4) is 0 Å². The van der Waals surface area contributed by atoms with Crippen LogP contribution < -0.4 is 11.0 Å². The van der Waals surface area contributed by atoms with Gasteiger partial charge in [0, 0.05) is 38.3 Å². The second-order valence-electron chi connectivity index (χ2n) is 8.02. The molecule has 2 atom stereocenters. The molecule has 1 aromatic heterocycles. The summed E-state index contributed by atoms with van der Waals surface area (Å²) in [6.07, 6.45) is 4.91. The van der Waals surface area contributed by atoms with E-state index in [0.29, 0.717) is 38.8 Å². The monoisotopic (exact) mass is 438 g/mol. The van der Waals surface area contributed by atoms with E-state index in [1.165, 1.54) is 10.8 Å². The number of rotatable bonds is 4. The van der Waals surface area contributed by atoms with Gasteiger partial charge < -0.3 is 25.2 Å². The van der Waals surface area contributed by atoms with E-state index in [1.807, 2.05) is 0 Å². The first-order valence-corrected chi connectivity index (χ1v) is 10.2. The number of aromatic nitrogens is 2. The topological polar surface area (TPSA) is 151 Å². The Morgan fingerprint density at radius 1 is 1.39 bits per heavy atom. The van der Waals surface area contributed by atoms with E-state index in [0.717, 1.165) is 0 Å². The Kier molecular flexibility index (Phi) is 8.28. The van der Waals surface area contributed by atoms with Crippen molar-refractivity contribution < 1.29 is 29.3 Å². The molecule has 2 aliphatic rings. The second-order valence-corrected chi connectivity index (χ2v) is 8.02. The van der Waals surface area contributed by atoms with Gasteiger partial charge in [0.15, 0.2) is 0 Å². The SMILES string of the molecule is CCC(=O)N[C@H]1COC2(CCN(C(=O)Cn3cccnc3=O)CC2)C[C@]1(C)O.O=CO. The number of hydrogen-bond donors (Lipinski definition) is 3. The van der Waals surface area contributed by atoms with Gasteiger partial charge >= 0.3 is 5.69 Å². The third-order valence-corrected chi connectivity index (χ3v) is 5.76. The molecule has 0 unspecified atom stereocenters. The fourth-order valence-electron chi connectivity index (χ4n) is 4.00. The lowest BCUT2D eigenvalue weighted by atomic mass is 9.75. The molecule has 2 fully saturated rings. The quantitative estimate of drug-likeness (QED) is 0.526. The molecule has 3 N–H and O–H groups in total. The third-order valence-electron chi connectivity index (χ3n) is 5.76. The van der Waals surface area contributed by atoms with Crippen molar-refractivity contribution >= 4 is 18.3 Å². The van der Waals surface area contributed by atoms with Crippen molar-refractivity contribution in [3.05, 3.63) is 28.9 Å². The average Bonchev–Trinajstić information content (AvgIpc) is 2.72. The van der Waals surface area contributed by atoms with Crippen LogP contribution in [0.25, 0.3) is 0 Å². The van der Waals surface area contributed by atoms with Crippen LogP contribution in [-0.4, -0.2) is 79.9 Å². The summed E-state index contributed by atoms with van der Waals surface area (Å²) in [4.78, 5) is 49.6. The first-order valence-electron chi connectivity index (χ1n) is 10.2. The number of nitrogens with one attached hydrogen (secondary N) is 1. The fourth-order valence-corrected chi connectivity index (χ4v) is 4.00. The smallest absolute Gasteiger partial charge is 0.347 e. The first kappa shape index (κ1) is 24.5. The van der Waals surface area contributed by atoms with Crippen molar-refractivity contribution in [2.45, 2.75) is 63.3 Å². The first-order chi connectivity index (χ1) is 14.7. The minimum Gasteiger partial charge on any atom is -0.483 e. The summed E-state index contributed by atoms with van der Waals surface area (Å²) in [5.41, 5.74) is -2.02. The maximum Gasteiger partial charge on any atom is 0.347 e. The highest BCUT2D eigenvalue weighted by Crippen LogP contribution is 2.39. The highest BCUT2D eigenvalue weighted by molar-refractivity contribution is 5.76. The summed E-state index contributed by atoms with van der Waals surface area (Å²) < 4.78 is 7.37. The van der Waals surface area contributed by atoms with E-state index < -0.39 is 22.9 Å². The van der Waals surface area contributed by atoms with Gasteiger partial charge in [-0.1, -0.05) is 6.92 Å². The molecule has 172 valence electrons. The molecule has 2 amide bonds. The average molecular weight is 438 g/mol. The zero-order valence-electron chi connectivity index (χ0n) is 17.8. The van der Waals surface area contributed by atoms with Crippen molar-refractivity contribution in [1.82, 2.24) is 19.8 Å². The predicted octanol–water partition coefficient (Wildman–Crippen LogP) is -0.629. The Bertz CT molecular complexity index is 831. The van der Waals surface area contributed by atoms with Gasteiger partial charge in [-0.3, -0.25) is 19.0 Å². The summed E-state index contributed by atoms with van der Waals surface area (Å²) in [5.74, 6) is -0.253.